The molecule has 0 spiro atoms. The average Bonchev–Trinajstić information content (AvgIpc) is 2.80. The Morgan fingerprint density at radius 1 is 1.48 bits per heavy atom. The lowest BCUT2D eigenvalue weighted by molar-refractivity contribution is -0.0230. The summed E-state index contributed by atoms with van der Waals surface area (Å²) in [6.07, 6.45) is -3.19. The van der Waals surface area contributed by atoms with Gasteiger partial charge in [0.15, 0.2) is 0 Å². The van der Waals surface area contributed by atoms with Gasteiger partial charge in [0.1, 0.15) is 29.1 Å². The van der Waals surface area contributed by atoms with Crippen molar-refractivity contribution >= 4 is 18.0 Å². The molecule has 8 nitrogen and oxygen atoms in total. The molecule has 0 bridgehead atoms. The average molecular weight is 343 g/mol. The van der Waals surface area contributed by atoms with Crippen LogP contribution in [0.5, 0.6) is 0 Å². The molecule has 3 heterocycles. The van der Waals surface area contributed by atoms with E-state index < -0.39 is 42.4 Å². The maximum Gasteiger partial charge on any atom is 0.288 e. The van der Waals surface area contributed by atoms with Crippen molar-refractivity contribution in [2.24, 2.45) is 0 Å². The zero-order chi connectivity index (χ0) is 16.9. The number of rotatable bonds is 2. The molecule has 2 aromatic rings. The zero-order valence-corrected chi connectivity index (χ0v) is 12.7. The van der Waals surface area contributed by atoms with Crippen LogP contribution < -0.4 is 5.56 Å². The van der Waals surface area contributed by atoms with Gasteiger partial charge >= 0.3 is 0 Å². The molecule has 1 aliphatic heterocycles. The number of aromatic amines is 1. The smallest absolute Gasteiger partial charge is 0.288 e. The minimum Gasteiger partial charge on any atom is -0.394 e. The van der Waals surface area contributed by atoms with Gasteiger partial charge in [-0.25, -0.2) is 4.98 Å². The highest BCUT2D eigenvalue weighted by molar-refractivity contribution is 7.71. The van der Waals surface area contributed by atoms with Crippen LogP contribution in [0.1, 0.15) is 17.4 Å². The first kappa shape index (κ1) is 16.1. The molecule has 4 N–H and O–H groups in total. The Labute approximate surface area is 133 Å². The van der Waals surface area contributed by atoms with Gasteiger partial charge in [-0.05, 0) is 6.92 Å². The number of aromatic nitrogens is 3. The molecule has 1 saturated heterocycles. The second-order valence-electron chi connectivity index (χ2n) is 5.31. The molecule has 10 heteroatoms. The van der Waals surface area contributed by atoms with Crippen molar-refractivity contribution in [2.75, 3.05) is 6.61 Å². The molecule has 0 aliphatic carbocycles. The minimum absolute atomic E-state index is 0.0132. The van der Waals surface area contributed by atoms with Gasteiger partial charge in [0.2, 0.25) is 11.6 Å². The van der Waals surface area contributed by atoms with E-state index in [0.29, 0.717) is 0 Å². The molecule has 1 fully saturated rings. The fourth-order valence-corrected chi connectivity index (χ4v) is 2.85. The third-order valence-corrected chi connectivity index (χ3v) is 4.23. The Morgan fingerprint density at radius 3 is 2.78 bits per heavy atom. The van der Waals surface area contributed by atoms with Crippen LogP contribution in [0.3, 0.4) is 0 Å². The van der Waals surface area contributed by atoms with Crippen LogP contribution in [-0.2, 0) is 4.74 Å². The van der Waals surface area contributed by atoms with Gasteiger partial charge in [-0.15, -0.1) is 0 Å². The van der Waals surface area contributed by atoms with E-state index in [1.54, 1.807) is 0 Å². The van der Waals surface area contributed by atoms with E-state index in [1.807, 2.05) is 0 Å². The van der Waals surface area contributed by atoms with E-state index >= 15 is 0 Å². The Kier molecular flexibility index (Phi) is 4.02. The summed E-state index contributed by atoms with van der Waals surface area (Å²) in [5.74, 6) is -0.914. The number of fused-ring (bicyclic) bond motifs is 1. The van der Waals surface area contributed by atoms with Crippen LogP contribution in [0.2, 0.25) is 0 Å². The quantitative estimate of drug-likeness (QED) is 0.535. The molecule has 23 heavy (non-hydrogen) atoms. The summed E-state index contributed by atoms with van der Waals surface area (Å²) >= 11 is 5.13. The number of nitrogens with zero attached hydrogens (tertiary/aromatic N) is 2. The fraction of sp³-hybridized carbons (Fsp3) is 0.462. The number of nitrogens with one attached hydrogen (secondary N) is 1. The standard InChI is InChI=1S/C13H14FN3O5S/c1-4-7(14)11(21)15-13-16-12(23)5(2-17(4)13)10-9(20)8(19)6(3-18)22-10/h2,6,8-10,18-20H,3H2,1H3,(H,15,16,21,23)/t6-,8?,9?,10+/m1/s1. The largest absolute Gasteiger partial charge is 0.394 e. The first-order valence-corrected chi connectivity index (χ1v) is 7.20. The van der Waals surface area contributed by atoms with Crippen LogP contribution in [-0.4, -0.2) is 54.6 Å². The van der Waals surface area contributed by atoms with Gasteiger partial charge in [-0.3, -0.25) is 14.2 Å². The predicted molar refractivity (Wildman–Crippen MR) is 78.1 cm³/mol. The highest BCUT2D eigenvalue weighted by atomic mass is 32.1. The van der Waals surface area contributed by atoms with Crippen molar-refractivity contribution in [1.29, 1.82) is 0 Å². The summed E-state index contributed by atoms with van der Waals surface area (Å²) in [5, 5.41) is 29.0. The van der Waals surface area contributed by atoms with Crippen molar-refractivity contribution in [3.8, 4) is 0 Å². The van der Waals surface area contributed by atoms with Crippen LogP contribution in [0.25, 0.3) is 5.78 Å². The van der Waals surface area contributed by atoms with E-state index in [0.717, 1.165) is 0 Å². The molecule has 3 rings (SSSR count). The predicted octanol–water partition coefficient (Wildman–Crippen LogP) is -0.646. The zero-order valence-electron chi connectivity index (χ0n) is 11.9. The lowest BCUT2D eigenvalue weighted by Gasteiger charge is -2.16. The molecule has 2 unspecified atom stereocenters. The van der Waals surface area contributed by atoms with Crippen molar-refractivity contribution in [1.82, 2.24) is 14.4 Å². The summed E-state index contributed by atoms with van der Waals surface area (Å²) < 4.78 is 20.5. The SMILES string of the molecule is Cc1c(F)c(=O)[nH]c2nc(=S)c([C@@H]3O[C@H](CO)C(O)C3O)cn12. The number of halogens is 1. The molecular weight excluding hydrogens is 329 g/mol. The monoisotopic (exact) mass is 343 g/mol. The van der Waals surface area contributed by atoms with E-state index in [2.05, 4.69) is 9.97 Å². The van der Waals surface area contributed by atoms with Crippen molar-refractivity contribution in [2.45, 2.75) is 31.3 Å². The molecule has 1 aliphatic rings. The molecule has 0 aromatic carbocycles. The summed E-state index contributed by atoms with van der Waals surface area (Å²) in [7, 11) is 0. The first-order chi connectivity index (χ1) is 10.8. The maximum absolute atomic E-state index is 13.8. The number of H-pyrrole nitrogens is 1. The fourth-order valence-electron chi connectivity index (χ4n) is 2.59. The Hall–Kier alpha value is -1.72. The molecule has 0 radical (unpaired) electrons. The molecule has 0 saturated carbocycles. The number of aliphatic hydroxyl groups is 3. The van der Waals surface area contributed by atoms with Gasteiger partial charge in [-0.1, -0.05) is 12.2 Å². The Bertz CT molecular complexity index is 882. The lowest BCUT2D eigenvalue weighted by Crippen LogP contribution is -2.32. The van der Waals surface area contributed by atoms with Gasteiger partial charge in [0.05, 0.1) is 12.3 Å². The minimum atomic E-state index is -1.32. The van der Waals surface area contributed by atoms with Crippen LogP contribution in [0.4, 0.5) is 4.39 Å². The number of ether oxygens (including phenoxy) is 1. The normalized spacial score (nSPS) is 27.7. The van der Waals surface area contributed by atoms with Crippen LogP contribution >= 0.6 is 12.2 Å². The third-order valence-electron chi connectivity index (χ3n) is 3.90. The van der Waals surface area contributed by atoms with Gasteiger partial charge < -0.3 is 20.1 Å². The molecule has 124 valence electrons. The van der Waals surface area contributed by atoms with E-state index in [9.17, 15) is 19.4 Å². The molecular formula is C13H14FN3O5S. The number of aryl methyl sites for hydroxylation is 1. The Morgan fingerprint density at radius 2 is 2.17 bits per heavy atom. The summed E-state index contributed by atoms with van der Waals surface area (Å²) in [6, 6.07) is 0. The van der Waals surface area contributed by atoms with E-state index in [1.165, 1.54) is 17.5 Å². The maximum atomic E-state index is 13.8. The topological polar surface area (TPSA) is 120 Å². The van der Waals surface area contributed by atoms with Crippen molar-refractivity contribution in [3.63, 3.8) is 0 Å². The Balaban J connectivity index is 2.18. The van der Waals surface area contributed by atoms with Crippen molar-refractivity contribution in [3.05, 3.63) is 38.3 Å². The molecule has 0 amide bonds. The highest BCUT2D eigenvalue weighted by Crippen LogP contribution is 2.33. The summed E-state index contributed by atoms with van der Waals surface area (Å²) in [5.41, 5.74) is -0.654. The highest BCUT2D eigenvalue weighted by Gasteiger charge is 2.43. The summed E-state index contributed by atoms with van der Waals surface area (Å²) in [4.78, 5) is 17.7. The second kappa shape index (κ2) is 5.73. The third kappa shape index (κ3) is 2.48. The van der Waals surface area contributed by atoms with Crippen LogP contribution in [0, 0.1) is 17.4 Å². The molecule has 2 aromatic heterocycles. The lowest BCUT2D eigenvalue weighted by atomic mass is 10.0. The van der Waals surface area contributed by atoms with Gasteiger partial charge in [0.25, 0.3) is 5.56 Å². The first-order valence-electron chi connectivity index (χ1n) is 6.79. The second-order valence-corrected chi connectivity index (χ2v) is 5.69. The number of hydrogen-bond donors (Lipinski definition) is 4. The van der Waals surface area contributed by atoms with Crippen molar-refractivity contribution < 1.29 is 24.4 Å². The van der Waals surface area contributed by atoms with Gasteiger partial charge in [0, 0.05) is 11.8 Å². The van der Waals surface area contributed by atoms with E-state index in [4.69, 9.17) is 22.1 Å². The van der Waals surface area contributed by atoms with Crippen LogP contribution in [0.15, 0.2) is 11.0 Å². The van der Waals surface area contributed by atoms with E-state index in [-0.39, 0.29) is 21.7 Å². The van der Waals surface area contributed by atoms with Gasteiger partial charge in [-0.2, -0.15) is 4.39 Å². The number of hydrogen-bond acceptors (Lipinski definition) is 7. The number of aliphatic hydroxyl groups excluding tert-OH is 3. The molecule has 4 atom stereocenters. The summed E-state index contributed by atoms with van der Waals surface area (Å²) in [6.45, 7) is 0.917.